The van der Waals surface area contributed by atoms with Crippen molar-refractivity contribution in [1.82, 2.24) is 0 Å². The Bertz CT molecular complexity index is 1230. The van der Waals surface area contributed by atoms with Gasteiger partial charge < -0.3 is 9.47 Å². The zero-order valence-corrected chi connectivity index (χ0v) is 23.6. The van der Waals surface area contributed by atoms with Crippen LogP contribution in [0.2, 0.25) is 0 Å². The first kappa shape index (κ1) is 30.1. The number of allylic oxidation sites excluding steroid dienone is 1. The van der Waals surface area contributed by atoms with Crippen LogP contribution < -0.4 is 0 Å². The fourth-order valence-electron chi connectivity index (χ4n) is 5.26. The summed E-state index contributed by atoms with van der Waals surface area (Å²) in [5.74, 6) is -1.69. The Balaban J connectivity index is 1.36. The smallest absolute Gasteiger partial charge is 0.186 e. The molecule has 1 fully saturated rings. The molecule has 0 aromatic heterocycles. The van der Waals surface area contributed by atoms with Gasteiger partial charge in [0.1, 0.15) is 5.82 Å². The first-order valence-electron chi connectivity index (χ1n) is 14.7. The van der Waals surface area contributed by atoms with Gasteiger partial charge in [-0.3, -0.25) is 0 Å². The standard InChI is InChI=1S/C35H41F3O2/c1-3-5-7-8-9-10-11-13-28-18-20-30(34(38)33(28)37)27-16-14-26(15-17-27)29-19-21-31(32(36)22-29)35-39-23-25(24-40-35)12-6-4-2/h4,14-22,25,35H,2-3,5-13,23-24H2,1H3. The highest BCUT2D eigenvalue weighted by molar-refractivity contribution is 5.71. The summed E-state index contributed by atoms with van der Waals surface area (Å²) in [5.41, 5.74) is 3.07. The van der Waals surface area contributed by atoms with Gasteiger partial charge in [0.2, 0.25) is 0 Å². The summed E-state index contributed by atoms with van der Waals surface area (Å²) in [6.45, 7) is 6.99. The summed E-state index contributed by atoms with van der Waals surface area (Å²) in [5, 5.41) is 0. The number of hydrogen-bond donors (Lipinski definition) is 0. The summed E-state index contributed by atoms with van der Waals surface area (Å²) >= 11 is 0. The van der Waals surface area contributed by atoms with Crippen molar-refractivity contribution in [3.8, 4) is 22.3 Å². The first-order chi connectivity index (χ1) is 19.5. The molecule has 3 aromatic carbocycles. The molecule has 3 aromatic rings. The molecular formula is C35H41F3O2. The van der Waals surface area contributed by atoms with Crippen LogP contribution in [0, 0.1) is 23.4 Å². The van der Waals surface area contributed by atoms with Crippen LogP contribution >= 0.6 is 0 Å². The third-order valence-electron chi connectivity index (χ3n) is 7.74. The van der Waals surface area contributed by atoms with E-state index in [4.69, 9.17) is 9.47 Å². The Morgan fingerprint density at radius 3 is 2.10 bits per heavy atom. The second-order valence-electron chi connectivity index (χ2n) is 10.8. The molecule has 0 radical (unpaired) electrons. The molecule has 1 heterocycles. The van der Waals surface area contributed by atoms with Crippen molar-refractivity contribution >= 4 is 0 Å². The Kier molecular flexibility index (Phi) is 11.4. The van der Waals surface area contributed by atoms with Crippen LogP contribution in [-0.2, 0) is 15.9 Å². The molecule has 2 nitrogen and oxygen atoms in total. The minimum Gasteiger partial charge on any atom is -0.348 e. The molecule has 214 valence electrons. The maximum Gasteiger partial charge on any atom is 0.186 e. The van der Waals surface area contributed by atoms with Gasteiger partial charge in [0.15, 0.2) is 17.9 Å². The van der Waals surface area contributed by atoms with Crippen LogP contribution in [0.5, 0.6) is 0 Å². The molecular weight excluding hydrogens is 509 g/mol. The highest BCUT2D eigenvalue weighted by Crippen LogP contribution is 2.33. The predicted molar refractivity (Wildman–Crippen MR) is 156 cm³/mol. The summed E-state index contributed by atoms with van der Waals surface area (Å²) < 4.78 is 56.4. The van der Waals surface area contributed by atoms with Crippen LogP contribution in [0.25, 0.3) is 22.3 Å². The lowest BCUT2D eigenvalue weighted by Crippen LogP contribution is -2.27. The third kappa shape index (κ3) is 7.86. The van der Waals surface area contributed by atoms with E-state index in [1.165, 1.54) is 31.7 Å². The summed E-state index contributed by atoms with van der Waals surface area (Å²) in [6, 6.07) is 15.4. The topological polar surface area (TPSA) is 18.5 Å². The van der Waals surface area contributed by atoms with E-state index in [1.807, 2.05) is 12.1 Å². The van der Waals surface area contributed by atoms with Crippen LogP contribution in [0.1, 0.15) is 82.1 Å². The van der Waals surface area contributed by atoms with Gasteiger partial charge in [-0.05, 0) is 54.0 Å². The van der Waals surface area contributed by atoms with E-state index < -0.39 is 23.7 Å². The molecule has 1 aliphatic rings. The summed E-state index contributed by atoms with van der Waals surface area (Å²) in [4.78, 5) is 0. The average Bonchev–Trinajstić information content (AvgIpc) is 2.98. The van der Waals surface area contributed by atoms with Crippen molar-refractivity contribution in [2.45, 2.75) is 77.4 Å². The van der Waals surface area contributed by atoms with Gasteiger partial charge in [-0.2, -0.15) is 0 Å². The number of halogens is 3. The molecule has 40 heavy (non-hydrogen) atoms. The fraction of sp³-hybridized carbons (Fsp3) is 0.429. The molecule has 1 saturated heterocycles. The lowest BCUT2D eigenvalue weighted by atomic mass is 9.97. The van der Waals surface area contributed by atoms with Crippen molar-refractivity contribution in [2.75, 3.05) is 13.2 Å². The normalized spacial score (nSPS) is 17.2. The van der Waals surface area contributed by atoms with E-state index >= 15 is 4.39 Å². The van der Waals surface area contributed by atoms with Crippen molar-refractivity contribution in [3.05, 3.63) is 95.8 Å². The average molecular weight is 551 g/mol. The Morgan fingerprint density at radius 2 is 1.43 bits per heavy atom. The van der Waals surface area contributed by atoms with Crippen LogP contribution in [-0.4, -0.2) is 13.2 Å². The molecule has 0 aliphatic carbocycles. The number of benzene rings is 3. The molecule has 0 N–H and O–H groups in total. The second kappa shape index (κ2) is 15.2. The molecule has 0 bridgehead atoms. The molecule has 0 atom stereocenters. The zero-order chi connectivity index (χ0) is 28.3. The lowest BCUT2D eigenvalue weighted by molar-refractivity contribution is -0.207. The quantitative estimate of drug-likeness (QED) is 0.147. The maximum atomic E-state index is 15.0. The van der Waals surface area contributed by atoms with Crippen LogP contribution in [0.4, 0.5) is 13.2 Å². The van der Waals surface area contributed by atoms with Crippen LogP contribution in [0.15, 0.2) is 67.3 Å². The van der Waals surface area contributed by atoms with Gasteiger partial charge in [0, 0.05) is 17.0 Å². The predicted octanol–water partition coefficient (Wildman–Crippen LogP) is 10.4. The van der Waals surface area contributed by atoms with E-state index in [2.05, 4.69) is 13.5 Å². The lowest BCUT2D eigenvalue weighted by Gasteiger charge is -2.29. The second-order valence-corrected chi connectivity index (χ2v) is 10.8. The highest BCUT2D eigenvalue weighted by Gasteiger charge is 2.25. The molecule has 0 spiro atoms. The van der Waals surface area contributed by atoms with E-state index in [0.717, 1.165) is 37.7 Å². The van der Waals surface area contributed by atoms with Crippen molar-refractivity contribution in [1.29, 1.82) is 0 Å². The highest BCUT2D eigenvalue weighted by atomic mass is 19.2. The zero-order valence-electron chi connectivity index (χ0n) is 23.6. The van der Waals surface area contributed by atoms with E-state index in [9.17, 15) is 8.78 Å². The number of unbranched alkanes of at least 4 members (excludes halogenated alkanes) is 6. The Labute approximate surface area is 237 Å². The monoisotopic (exact) mass is 550 g/mol. The van der Waals surface area contributed by atoms with Crippen molar-refractivity contribution in [3.63, 3.8) is 0 Å². The van der Waals surface area contributed by atoms with Gasteiger partial charge >= 0.3 is 0 Å². The van der Waals surface area contributed by atoms with Gasteiger partial charge in [0.05, 0.1) is 13.2 Å². The molecule has 5 heteroatoms. The largest absolute Gasteiger partial charge is 0.348 e. The number of hydrogen-bond acceptors (Lipinski definition) is 2. The van der Waals surface area contributed by atoms with Crippen LogP contribution in [0.3, 0.4) is 0 Å². The van der Waals surface area contributed by atoms with Crippen molar-refractivity contribution in [2.24, 2.45) is 5.92 Å². The number of aryl methyl sites for hydroxylation is 1. The molecule has 4 rings (SSSR count). The number of ether oxygens (including phenoxy) is 2. The van der Waals surface area contributed by atoms with E-state index in [-0.39, 0.29) is 11.5 Å². The maximum absolute atomic E-state index is 15.0. The molecule has 0 amide bonds. The van der Waals surface area contributed by atoms with Gasteiger partial charge in [0.25, 0.3) is 0 Å². The molecule has 0 saturated carbocycles. The molecule has 1 aliphatic heterocycles. The summed E-state index contributed by atoms with van der Waals surface area (Å²) in [6.07, 6.45) is 11.5. The molecule has 0 unspecified atom stereocenters. The summed E-state index contributed by atoms with van der Waals surface area (Å²) in [7, 11) is 0. The third-order valence-corrected chi connectivity index (χ3v) is 7.74. The van der Waals surface area contributed by atoms with Gasteiger partial charge in [-0.15, -0.1) is 6.58 Å². The Morgan fingerprint density at radius 1 is 0.775 bits per heavy atom. The fourth-order valence-corrected chi connectivity index (χ4v) is 5.26. The van der Waals surface area contributed by atoms with E-state index in [1.54, 1.807) is 42.5 Å². The SMILES string of the molecule is C=CCCC1COC(c2ccc(-c3ccc(-c4ccc(CCCCCCCCC)c(F)c4F)cc3)cc2F)OC1. The minimum atomic E-state index is -0.817. The van der Waals surface area contributed by atoms with Gasteiger partial charge in [-0.1, -0.05) is 100 Å². The van der Waals surface area contributed by atoms with Gasteiger partial charge in [-0.25, -0.2) is 13.2 Å². The van der Waals surface area contributed by atoms with E-state index in [0.29, 0.717) is 41.9 Å². The minimum absolute atomic E-state index is 0.229. The number of rotatable bonds is 14. The van der Waals surface area contributed by atoms with Crippen molar-refractivity contribution < 1.29 is 22.6 Å². The Hall–Kier alpha value is -2.89. The first-order valence-corrected chi connectivity index (χ1v) is 14.7.